The number of piperidine rings is 2. The number of hydrogen-bond donors (Lipinski definition) is 1. The number of esters is 1. The Kier molecular flexibility index (Phi) is 5.26. The molecule has 1 aliphatic carbocycles. The van der Waals surface area contributed by atoms with Crippen LogP contribution in [0, 0.1) is 19.8 Å². The summed E-state index contributed by atoms with van der Waals surface area (Å²) in [6, 6.07) is 6.17. The Morgan fingerprint density at radius 2 is 1.89 bits per heavy atom. The fourth-order valence-corrected chi connectivity index (χ4v) is 5.78. The average molecular weight is 501 g/mol. The number of ether oxygens (including phenoxy) is 1. The molecule has 0 amide bonds. The lowest BCUT2D eigenvalue weighted by atomic mass is 9.87. The van der Waals surface area contributed by atoms with Crippen LogP contribution in [0.1, 0.15) is 42.1 Å². The highest BCUT2D eigenvalue weighted by Gasteiger charge is 2.65. The van der Waals surface area contributed by atoms with E-state index in [1.54, 1.807) is 17.7 Å². The van der Waals surface area contributed by atoms with Crippen LogP contribution < -0.4 is 10.2 Å². The molecule has 1 aromatic carbocycles. The van der Waals surface area contributed by atoms with Crippen LogP contribution in [0.5, 0.6) is 0 Å². The van der Waals surface area contributed by atoms with Crippen molar-refractivity contribution in [1.82, 2.24) is 25.1 Å². The van der Waals surface area contributed by atoms with Crippen molar-refractivity contribution in [2.45, 2.75) is 50.8 Å². The molecule has 6 rings (SSSR count). The van der Waals surface area contributed by atoms with Gasteiger partial charge in [-0.2, -0.15) is 18.3 Å². The van der Waals surface area contributed by atoms with E-state index in [9.17, 15) is 18.0 Å². The van der Waals surface area contributed by atoms with Gasteiger partial charge in [0, 0.05) is 23.9 Å². The van der Waals surface area contributed by atoms with Gasteiger partial charge < -0.3 is 15.0 Å². The summed E-state index contributed by atoms with van der Waals surface area (Å²) in [5.41, 5.74) is 2.44. The number of alkyl halides is 3. The van der Waals surface area contributed by atoms with E-state index in [1.807, 2.05) is 11.1 Å². The molecule has 8 nitrogen and oxygen atoms in total. The number of carbonyl (C=O) groups excluding carboxylic acids is 1. The number of carbonyl (C=O) groups is 1. The predicted molar refractivity (Wildman–Crippen MR) is 126 cm³/mol. The molecule has 4 heterocycles. The van der Waals surface area contributed by atoms with Gasteiger partial charge in [0.1, 0.15) is 17.2 Å². The molecule has 2 saturated heterocycles. The van der Waals surface area contributed by atoms with Gasteiger partial charge in [0.25, 0.3) is 0 Å². The summed E-state index contributed by atoms with van der Waals surface area (Å²) >= 11 is 0. The van der Waals surface area contributed by atoms with Crippen LogP contribution in [-0.2, 0) is 9.53 Å². The maximum absolute atomic E-state index is 12.8. The first kappa shape index (κ1) is 23.2. The van der Waals surface area contributed by atoms with Crippen molar-refractivity contribution in [2.24, 2.45) is 5.92 Å². The molecule has 0 bridgehead atoms. The maximum Gasteiger partial charge on any atom is 0.490 e. The van der Waals surface area contributed by atoms with Crippen molar-refractivity contribution in [3.05, 3.63) is 41.3 Å². The van der Waals surface area contributed by atoms with Crippen molar-refractivity contribution in [1.29, 1.82) is 0 Å². The van der Waals surface area contributed by atoms with E-state index in [2.05, 4.69) is 39.4 Å². The fraction of sp³-hybridized carbons (Fsp3) is 0.520. The molecule has 190 valence electrons. The molecular formula is C25H27F3N6O2. The van der Waals surface area contributed by atoms with E-state index in [4.69, 9.17) is 4.74 Å². The van der Waals surface area contributed by atoms with Crippen LogP contribution in [0.25, 0.3) is 16.7 Å². The largest absolute Gasteiger partial charge is 0.490 e. The Bertz CT molecular complexity index is 1350. The monoisotopic (exact) mass is 500 g/mol. The quantitative estimate of drug-likeness (QED) is 0.548. The Balaban J connectivity index is 1.30. The zero-order valence-electron chi connectivity index (χ0n) is 20.1. The summed E-state index contributed by atoms with van der Waals surface area (Å²) in [5.74, 6) is -0.0683. The molecule has 2 atom stereocenters. The lowest BCUT2D eigenvalue weighted by molar-refractivity contribution is -0.206. The Hall–Kier alpha value is -3.21. The van der Waals surface area contributed by atoms with Gasteiger partial charge in [-0.25, -0.2) is 19.4 Å². The molecule has 3 fully saturated rings. The third-order valence-corrected chi connectivity index (χ3v) is 7.69. The van der Waals surface area contributed by atoms with Crippen molar-refractivity contribution in [2.75, 3.05) is 31.1 Å². The smallest absolute Gasteiger partial charge is 0.450 e. The Morgan fingerprint density at radius 3 is 2.64 bits per heavy atom. The minimum Gasteiger partial charge on any atom is -0.450 e. The summed E-state index contributed by atoms with van der Waals surface area (Å²) in [5, 5.41) is 9.04. The number of nitrogens with one attached hydrogen (secondary N) is 1. The summed E-state index contributed by atoms with van der Waals surface area (Å²) in [4.78, 5) is 22.4. The molecule has 3 aliphatic rings. The topological polar surface area (TPSA) is 85.2 Å². The van der Waals surface area contributed by atoms with Crippen LogP contribution in [0.4, 0.5) is 19.0 Å². The van der Waals surface area contributed by atoms with Crippen LogP contribution >= 0.6 is 0 Å². The van der Waals surface area contributed by atoms with Crippen molar-refractivity contribution >= 4 is 22.7 Å². The number of anilines is 1. The maximum atomic E-state index is 12.8. The number of halogens is 3. The third kappa shape index (κ3) is 3.99. The molecule has 11 heteroatoms. The lowest BCUT2D eigenvalue weighted by Gasteiger charge is -2.25. The minimum absolute atomic E-state index is 0.136. The third-order valence-electron chi connectivity index (χ3n) is 7.69. The lowest BCUT2D eigenvalue weighted by Crippen LogP contribution is -2.36. The number of nitrogens with zero attached hydrogens (tertiary/aromatic N) is 5. The number of benzene rings is 1. The highest BCUT2D eigenvalue weighted by atomic mass is 19.4. The highest BCUT2D eigenvalue weighted by Crippen LogP contribution is 2.54. The fourth-order valence-electron chi connectivity index (χ4n) is 5.78. The van der Waals surface area contributed by atoms with Crippen molar-refractivity contribution < 1.29 is 22.7 Å². The number of fused-ring (bicyclic) bond motifs is 2. The van der Waals surface area contributed by atoms with Crippen molar-refractivity contribution in [3.63, 3.8) is 0 Å². The Labute approximate surface area is 205 Å². The zero-order valence-corrected chi connectivity index (χ0v) is 20.1. The number of rotatable bonds is 4. The van der Waals surface area contributed by atoms with Crippen LogP contribution in [0.3, 0.4) is 0 Å². The van der Waals surface area contributed by atoms with Gasteiger partial charge >= 0.3 is 12.1 Å². The second-order valence-corrected chi connectivity index (χ2v) is 10.2. The van der Waals surface area contributed by atoms with Gasteiger partial charge in [0.2, 0.25) is 0 Å². The molecule has 36 heavy (non-hydrogen) atoms. The summed E-state index contributed by atoms with van der Waals surface area (Å²) in [7, 11) is 0. The first-order valence-electron chi connectivity index (χ1n) is 12.2. The molecule has 1 N–H and O–H groups in total. The summed E-state index contributed by atoms with van der Waals surface area (Å²) in [6.07, 6.45) is -0.560. The molecule has 0 spiro atoms. The number of aryl methyl sites for hydroxylation is 2. The second-order valence-electron chi connectivity index (χ2n) is 10.2. The molecular weight excluding hydrogens is 473 g/mol. The molecule has 3 aromatic rings. The average Bonchev–Trinajstić information content (AvgIpc) is 3.16. The van der Waals surface area contributed by atoms with E-state index in [0.717, 1.165) is 36.8 Å². The predicted octanol–water partition coefficient (Wildman–Crippen LogP) is 3.58. The van der Waals surface area contributed by atoms with Gasteiger partial charge in [-0.15, -0.1) is 0 Å². The molecule has 1 saturated carbocycles. The van der Waals surface area contributed by atoms with Gasteiger partial charge in [0.05, 0.1) is 18.3 Å². The second kappa shape index (κ2) is 8.16. The van der Waals surface area contributed by atoms with Gasteiger partial charge in [0.15, 0.2) is 5.82 Å². The minimum atomic E-state index is -5.00. The number of hydrogen-bond acceptors (Lipinski definition) is 7. The first-order valence-corrected chi connectivity index (χ1v) is 12.2. The van der Waals surface area contributed by atoms with E-state index in [-0.39, 0.29) is 12.5 Å². The van der Waals surface area contributed by atoms with Gasteiger partial charge in [-0.05, 0) is 75.4 Å². The van der Waals surface area contributed by atoms with E-state index in [1.165, 1.54) is 11.1 Å². The van der Waals surface area contributed by atoms with Crippen LogP contribution in [-0.4, -0.2) is 63.7 Å². The zero-order chi connectivity index (χ0) is 25.2. The molecule has 2 unspecified atom stereocenters. The van der Waals surface area contributed by atoms with Gasteiger partial charge in [-0.3, -0.25) is 0 Å². The van der Waals surface area contributed by atoms with E-state index >= 15 is 0 Å². The molecule has 2 aliphatic heterocycles. The van der Waals surface area contributed by atoms with Crippen LogP contribution in [0.2, 0.25) is 0 Å². The van der Waals surface area contributed by atoms with Gasteiger partial charge in [-0.1, -0.05) is 0 Å². The summed E-state index contributed by atoms with van der Waals surface area (Å²) in [6.45, 7) is 6.58. The first-order chi connectivity index (χ1) is 17.1. The van der Waals surface area contributed by atoms with Crippen molar-refractivity contribution in [3.8, 4) is 5.82 Å². The molecule has 0 radical (unpaired) electrons. The van der Waals surface area contributed by atoms with E-state index < -0.39 is 17.7 Å². The standard InChI is InChI=1S/C25H27F3N6O2/c1-14-7-17-11-30-34(20(17)8-19(14)16-3-5-29-6-4-16)22-9-21(31-15(2)32-22)33-12-18-10-24(18,13-33)36-23(35)25(26,27)28/h7-9,11,16,18,29H,3-6,10,12-13H2,1-2H3. The Morgan fingerprint density at radius 1 is 1.14 bits per heavy atom. The normalized spacial score (nSPS) is 24.2. The number of aromatic nitrogens is 4. The molecule has 2 aromatic heterocycles. The SMILES string of the molecule is Cc1nc(N2CC3CC3(OC(=O)C(F)(F)F)C2)cc(-n2ncc3cc(C)c(C4CCNCC4)cc32)n1. The van der Waals surface area contributed by atoms with E-state index in [0.29, 0.717) is 36.3 Å². The van der Waals surface area contributed by atoms with Crippen LogP contribution in [0.15, 0.2) is 24.4 Å². The summed E-state index contributed by atoms with van der Waals surface area (Å²) < 4.78 is 44.9. The highest BCUT2D eigenvalue weighted by molar-refractivity contribution is 5.82.